The largest absolute Gasteiger partial charge is 0.388 e. The first-order valence-corrected chi connectivity index (χ1v) is 7.55. The summed E-state index contributed by atoms with van der Waals surface area (Å²) in [6.45, 7) is 15.4. The van der Waals surface area contributed by atoms with Gasteiger partial charge in [-0.05, 0) is 38.8 Å². The quantitative estimate of drug-likeness (QED) is 0.695. The van der Waals surface area contributed by atoms with Gasteiger partial charge < -0.3 is 5.11 Å². The van der Waals surface area contributed by atoms with Crippen LogP contribution in [0, 0.1) is 5.41 Å². The molecule has 3 atom stereocenters. The average Bonchev–Trinajstić information content (AvgIpc) is 2.40. The number of benzene rings is 1. The fourth-order valence-electron chi connectivity index (χ4n) is 5.05. The van der Waals surface area contributed by atoms with Crippen molar-refractivity contribution in [1.82, 2.24) is 0 Å². The van der Waals surface area contributed by atoms with Gasteiger partial charge >= 0.3 is 0 Å². The smallest absolute Gasteiger partial charge is 0.0812 e. The van der Waals surface area contributed by atoms with Crippen molar-refractivity contribution in [2.45, 2.75) is 64.9 Å². The Morgan fingerprint density at radius 1 is 0.750 bits per heavy atom. The van der Waals surface area contributed by atoms with Crippen LogP contribution >= 0.6 is 0 Å². The summed E-state index contributed by atoms with van der Waals surface area (Å²) in [6, 6.07) is 8.68. The summed E-state index contributed by atoms with van der Waals surface area (Å²) < 4.78 is 0. The molecule has 0 heterocycles. The van der Waals surface area contributed by atoms with Gasteiger partial charge in [-0.3, -0.25) is 0 Å². The maximum absolute atomic E-state index is 11.5. The highest BCUT2D eigenvalue weighted by molar-refractivity contribution is 5.62. The Bertz CT molecular complexity index is 580. The van der Waals surface area contributed by atoms with E-state index in [2.05, 4.69) is 65.8 Å². The van der Waals surface area contributed by atoms with Crippen LogP contribution in [-0.4, -0.2) is 10.7 Å². The molecule has 4 rings (SSSR count). The highest BCUT2D eigenvalue weighted by atomic mass is 16.3. The normalized spacial score (nSPS) is 41.8. The molecule has 3 aliphatic rings. The number of fused-ring (bicyclic) bond motifs is 1. The molecular formula is C19H26O. The second-order valence-corrected chi connectivity index (χ2v) is 7.74. The highest BCUT2D eigenvalue weighted by Crippen LogP contribution is 2.69. The lowest BCUT2D eigenvalue weighted by Gasteiger charge is -2.69. The van der Waals surface area contributed by atoms with E-state index < -0.39 is 5.60 Å². The minimum Gasteiger partial charge on any atom is -0.388 e. The first-order valence-electron chi connectivity index (χ1n) is 7.55. The van der Waals surface area contributed by atoms with Crippen molar-refractivity contribution in [3.63, 3.8) is 0 Å². The second-order valence-electron chi connectivity index (χ2n) is 7.74. The molecule has 1 heteroatoms. The van der Waals surface area contributed by atoms with Gasteiger partial charge in [-0.15, -0.1) is 0 Å². The lowest BCUT2D eigenvalue weighted by molar-refractivity contribution is -0.146. The molecule has 20 heavy (non-hydrogen) atoms. The molecule has 0 radical (unpaired) electrons. The highest BCUT2D eigenvalue weighted by Gasteiger charge is 2.70. The molecule has 1 aromatic rings. The van der Waals surface area contributed by atoms with Crippen LogP contribution < -0.4 is 0 Å². The zero-order chi connectivity index (χ0) is 15.1. The monoisotopic (exact) mass is 270 g/mol. The summed E-state index contributed by atoms with van der Waals surface area (Å²) >= 11 is 0. The molecule has 0 saturated carbocycles. The third kappa shape index (κ3) is 1.02. The second kappa shape index (κ2) is 3.39. The minimum absolute atomic E-state index is 0.116. The molecular weight excluding hydrogens is 244 g/mol. The lowest BCUT2D eigenvalue weighted by atomic mass is 9.36. The van der Waals surface area contributed by atoms with E-state index in [0.717, 1.165) is 0 Å². The van der Waals surface area contributed by atoms with Crippen LogP contribution in [0.5, 0.6) is 0 Å². The Hall–Kier alpha value is -1.08. The van der Waals surface area contributed by atoms with E-state index in [1.54, 1.807) is 0 Å². The molecule has 0 saturated heterocycles. The van der Waals surface area contributed by atoms with Gasteiger partial charge in [-0.1, -0.05) is 56.2 Å². The number of aliphatic hydroxyl groups is 1. The van der Waals surface area contributed by atoms with Crippen LogP contribution in [0.2, 0.25) is 0 Å². The van der Waals surface area contributed by atoms with Crippen LogP contribution in [0.25, 0.3) is 0 Å². The van der Waals surface area contributed by atoms with Crippen LogP contribution in [0.15, 0.2) is 35.4 Å². The summed E-state index contributed by atoms with van der Waals surface area (Å²) in [7, 11) is 0. The minimum atomic E-state index is -0.771. The van der Waals surface area contributed by atoms with E-state index in [1.165, 1.54) is 22.3 Å². The fraction of sp³-hybridized carbons (Fsp3) is 0.579. The molecule has 0 unspecified atom stereocenters. The van der Waals surface area contributed by atoms with Crippen molar-refractivity contribution in [2.75, 3.05) is 0 Å². The maximum atomic E-state index is 11.5. The maximum Gasteiger partial charge on any atom is 0.0812 e. The van der Waals surface area contributed by atoms with Crippen molar-refractivity contribution in [1.29, 1.82) is 0 Å². The predicted molar refractivity (Wildman–Crippen MR) is 83.9 cm³/mol. The molecule has 2 bridgehead atoms. The number of hydrogen-bond donors (Lipinski definition) is 1. The van der Waals surface area contributed by atoms with E-state index in [9.17, 15) is 5.11 Å². The Morgan fingerprint density at radius 3 is 1.65 bits per heavy atom. The molecule has 0 amide bonds. The van der Waals surface area contributed by atoms with Crippen LogP contribution in [0.3, 0.4) is 0 Å². The van der Waals surface area contributed by atoms with Crippen LogP contribution in [0.4, 0.5) is 0 Å². The zero-order valence-corrected chi connectivity index (χ0v) is 13.8. The summed E-state index contributed by atoms with van der Waals surface area (Å²) in [6.07, 6.45) is 0. The number of allylic oxidation sites excluding steroid dienone is 1. The van der Waals surface area contributed by atoms with Gasteiger partial charge in [0.15, 0.2) is 0 Å². The molecule has 0 aromatic heterocycles. The molecule has 108 valence electrons. The summed E-state index contributed by atoms with van der Waals surface area (Å²) in [5, 5.41) is 11.5. The van der Waals surface area contributed by atoms with Gasteiger partial charge in [0.25, 0.3) is 0 Å². The predicted octanol–water partition coefficient (Wildman–Crippen LogP) is 4.34. The third-order valence-electron chi connectivity index (χ3n) is 7.51. The first-order chi connectivity index (χ1) is 9.04. The van der Waals surface area contributed by atoms with Crippen molar-refractivity contribution in [3.8, 4) is 0 Å². The lowest BCUT2D eigenvalue weighted by Crippen LogP contribution is -2.71. The van der Waals surface area contributed by atoms with Gasteiger partial charge in [-0.25, -0.2) is 0 Å². The van der Waals surface area contributed by atoms with Crippen molar-refractivity contribution in [3.05, 3.63) is 46.5 Å². The van der Waals surface area contributed by atoms with E-state index in [-0.39, 0.29) is 16.2 Å². The molecule has 0 spiro atoms. The van der Waals surface area contributed by atoms with Gasteiger partial charge in [0, 0.05) is 16.2 Å². The van der Waals surface area contributed by atoms with Crippen molar-refractivity contribution >= 4 is 0 Å². The van der Waals surface area contributed by atoms with E-state index >= 15 is 0 Å². The Balaban J connectivity index is 2.56. The number of rotatable bonds is 0. The summed E-state index contributed by atoms with van der Waals surface area (Å²) in [5.74, 6) is 0. The van der Waals surface area contributed by atoms with Crippen molar-refractivity contribution in [2.24, 2.45) is 5.41 Å². The van der Waals surface area contributed by atoms with E-state index in [0.29, 0.717) is 0 Å². The summed E-state index contributed by atoms with van der Waals surface area (Å²) in [4.78, 5) is 0. The summed E-state index contributed by atoms with van der Waals surface area (Å²) in [5.41, 5.74) is 4.04. The molecule has 3 aliphatic carbocycles. The Kier molecular flexibility index (Phi) is 2.35. The zero-order valence-electron chi connectivity index (χ0n) is 13.8. The average molecular weight is 270 g/mol. The van der Waals surface area contributed by atoms with E-state index in [1.807, 2.05) is 6.92 Å². The SMILES string of the molecule is CC1=C(C)[C@]2(C)c3ccccc3[C@]1(C)C(C)(C)[C@@]2(C)O. The van der Waals surface area contributed by atoms with E-state index in [4.69, 9.17) is 0 Å². The molecule has 1 N–H and O–H groups in total. The standard InChI is InChI=1S/C19H26O/c1-12-13(2)18(6)15-11-9-8-10-14(15)17(12,5)16(3,4)19(18,7)20/h8-11,20H,1-7H3/t17-,18-,19-/m1/s1. The molecule has 0 fully saturated rings. The Morgan fingerprint density at radius 2 is 1.15 bits per heavy atom. The fourth-order valence-corrected chi connectivity index (χ4v) is 5.05. The van der Waals surface area contributed by atoms with Gasteiger partial charge in [-0.2, -0.15) is 0 Å². The topological polar surface area (TPSA) is 20.2 Å². The number of hydrogen-bond acceptors (Lipinski definition) is 1. The van der Waals surface area contributed by atoms with Crippen LogP contribution in [0.1, 0.15) is 59.6 Å². The molecule has 0 aliphatic heterocycles. The van der Waals surface area contributed by atoms with Gasteiger partial charge in [0.05, 0.1) is 5.60 Å². The molecule has 1 aromatic carbocycles. The van der Waals surface area contributed by atoms with Crippen LogP contribution in [-0.2, 0) is 10.8 Å². The Labute approximate surface area is 122 Å². The third-order valence-corrected chi connectivity index (χ3v) is 7.51. The van der Waals surface area contributed by atoms with Crippen molar-refractivity contribution < 1.29 is 5.11 Å². The molecule has 1 nitrogen and oxygen atoms in total. The first kappa shape index (κ1) is 13.9. The van der Waals surface area contributed by atoms with Gasteiger partial charge in [0.2, 0.25) is 0 Å². The van der Waals surface area contributed by atoms with Gasteiger partial charge in [0.1, 0.15) is 0 Å².